The van der Waals surface area contributed by atoms with E-state index >= 15 is 0 Å². The van der Waals surface area contributed by atoms with Gasteiger partial charge < -0.3 is 5.32 Å². The van der Waals surface area contributed by atoms with E-state index in [-0.39, 0.29) is 0 Å². The quantitative estimate of drug-likeness (QED) is 0.783. The number of halogens is 1. The molecular weight excluding hydrogens is 377 g/mol. The van der Waals surface area contributed by atoms with Crippen molar-refractivity contribution in [3.8, 4) is 11.4 Å². The van der Waals surface area contributed by atoms with E-state index in [4.69, 9.17) is 9.97 Å². The topological polar surface area (TPSA) is 55.6 Å². The Bertz CT molecular complexity index is 648. The molecule has 0 spiro atoms. The zero-order chi connectivity index (χ0) is 15.6. The van der Waals surface area contributed by atoms with Crippen molar-refractivity contribution in [3.63, 3.8) is 0 Å². The van der Waals surface area contributed by atoms with Crippen molar-refractivity contribution in [2.45, 2.75) is 40.5 Å². The van der Waals surface area contributed by atoms with Crippen LogP contribution in [0.1, 0.15) is 37.4 Å². The van der Waals surface area contributed by atoms with Gasteiger partial charge in [-0.25, -0.2) is 9.97 Å². The lowest BCUT2D eigenvalue weighted by molar-refractivity contribution is 0.731. The van der Waals surface area contributed by atoms with E-state index in [0.717, 1.165) is 57.2 Å². The van der Waals surface area contributed by atoms with Crippen molar-refractivity contribution in [3.05, 3.63) is 20.7 Å². The van der Waals surface area contributed by atoms with Gasteiger partial charge in [0.1, 0.15) is 5.82 Å². The zero-order valence-corrected chi connectivity index (χ0v) is 15.4. The second-order valence-electron chi connectivity index (χ2n) is 5.11. The molecule has 0 saturated heterocycles. The molecule has 0 fully saturated rings. The van der Waals surface area contributed by atoms with E-state index in [0.29, 0.717) is 0 Å². The van der Waals surface area contributed by atoms with Crippen LogP contribution in [0.15, 0.2) is 0 Å². The van der Waals surface area contributed by atoms with Crippen molar-refractivity contribution >= 4 is 28.4 Å². The number of rotatable bonds is 5. The summed E-state index contributed by atoms with van der Waals surface area (Å²) in [7, 11) is 1.95. The van der Waals surface area contributed by atoms with Crippen LogP contribution in [-0.2, 0) is 13.5 Å². The highest BCUT2D eigenvalue weighted by Gasteiger charge is 2.18. The van der Waals surface area contributed by atoms with Crippen LogP contribution in [0.5, 0.6) is 0 Å². The Morgan fingerprint density at radius 3 is 2.43 bits per heavy atom. The molecule has 114 valence electrons. The molecule has 0 bridgehead atoms. The molecule has 0 radical (unpaired) electrons. The number of aromatic nitrogens is 4. The van der Waals surface area contributed by atoms with Gasteiger partial charge in [0.25, 0.3) is 0 Å². The van der Waals surface area contributed by atoms with E-state index in [1.807, 2.05) is 18.7 Å². The van der Waals surface area contributed by atoms with Crippen molar-refractivity contribution in [2.24, 2.45) is 7.05 Å². The second-order valence-corrected chi connectivity index (χ2v) is 6.19. The minimum absolute atomic E-state index is 0.772. The van der Waals surface area contributed by atoms with Crippen molar-refractivity contribution in [2.75, 3.05) is 11.9 Å². The molecule has 0 atom stereocenters. The molecule has 5 nitrogen and oxygen atoms in total. The third kappa shape index (κ3) is 3.20. The van der Waals surface area contributed by atoms with E-state index in [1.54, 1.807) is 0 Å². The fraction of sp³-hybridized carbons (Fsp3) is 0.533. The fourth-order valence-corrected chi connectivity index (χ4v) is 3.11. The van der Waals surface area contributed by atoms with E-state index in [2.05, 4.69) is 53.8 Å². The summed E-state index contributed by atoms with van der Waals surface area (Å²) >= 11 is 2.33. The third-order valence-corrected chi connectivity index (χ3v) is 4.66. The number of anilines is 1. The van der Waals surface area contributed by atoms with Crippen LogP contribution < -0.4 is 5.32 Å². The number of nitrogens with one attached hydrogen (secondary N) is 1. The predicted octanol–water partition coefficient (Wildman–Crippen LogP) is 3.48. The molecule has 0 unspecified atom stereocenters. The highest BCUT2D eigenvalue weighted by atomic mass is 127. The maximum Gasteiger partial charge on any atom is 0.165 e. The average molecular weight is 399 g/mol. The zero-order valence-electron chi connectivity index (χ0n) is 13.3. The van der Waals surface area contributed by atoms with Gasteiger partial charge in [0.05, 0.1) is 20.5 Å². The van der Waals surface area contributed by atoms with Crippen LogP contribution in [0.2, 0.25) is 0 Å². The van der Waals surface area contributed by atoms with E-state index in [1.165, 1.54) is 0 Å². The fourth-order valence-electron chi connectivity index (χ4n) is 2.30. The smallest absolute Gasteiger partial charge is 0.165 e. The summed E-state index contributed by atoms with van der Waals surface area (Å²) in [6.45, 7) is 9.26. The van der Waals surface area contributed by atoms with Gasteiger partial charge in [-0.05, 0) is 49.3 Å². The lowest BCUT2D eigenvalue weighted by atomic mass is 10.1. The molecule has 0 saturated carbocycles. The molecule has 2 aromatic heterocycles. The molecule has 6 heteroatoms. The minimum Gasteiger partial charge on any atom is -0.369 e. The summed E-state index contributed by atoms with van der Waals surface area (Å²) in [4.78, 5) is 9.49. The van der Waals surface area contributed by atoms with Gasteiger partial charge in [0, 0.05) is 19.3 Å². The summed E-state index contributed by atoms with van der Waals surface area (Å²) in [5, 5.41) is 7.88. The Labute approximate surface area is 139 Å². The van der Waals surface area contributed by atoms with Gasteiger partial charge in [-0.15, -0.1) is 0 Å². The molecule has 0 aliphatic carbocycles. The Kier molecular flexibility index (Phi) is 5.18. The average Bonchev–Trinajstić information content (AvgIpc) is 2.71. The maximum absolute atomic E-state index is 4.75. The number of nitrogens with zero attached hydrogens (tertiary/aromatic N) is 4. The van der Waals surface area contributed by atoms with Gasteiger partial charge >= 0.3 is 0 Å². The predicted molar refractivity (Wildman–Crippen MR) is 94.6 cm³/mol. The third-order valence-electron chi connectivity index (χ3n) is 3.53. The van der Waals surface area contributed by atoms with Crippen LogP contribution in [0.25, 0.3) is 11.4 Å². The molecule has 21 heavy (non-hydrogen) atoms. The van der Waals surface area contributed by atoms with Crippen molar-refractivity contribution < 1.29 is 0 Å². The Morgan fingerprint density at radius 2 is 1.90 bits per heavy atom. The Balaban J connectivity index is 2.58. The Morgan fingerprint density at radius 1 is 1.19 bits per heavy atom. The first-order chi connectivity index (χ1) is 9.99. The lowest BCUT2D eigenvalue weighted by Gasteiger charge is -2.12. The molecule has 2 rings (SSSR count). The molecule has 2 heterocycles. The van der Waals surface area contributed by atoms with Crippen molar-refractivity contribution in [1.29, 1.82) is 0 Å². The lowest BCUT2D eigenvalue weighted by Crippen LogP contribution is -2.09. The van der Waals surface area contributed by atoms with Crippen LogP contribution in [0.3, 0.4) is 0 Å². The first-order valence-electron chi connectivity index (χ1n) is 7.30. The van der Waals surface area contributed by atoms with E-state index in [9.17, 15) is 0 Å². The Hall–Kier alpha value is -1.18. The largest absolute Gasteiger partial charge is 0.369 e. The normalized spacial score (nSPS) is 11.0. The molecule has 0 aromatic carbocycles. The van der Waals surface area contributed by atoms with Gasteiger partial charge in [-0.3, -0.25) is 4.68 Å². The number of hydrogen-bond donors (Lipinski definition) is 1. The SMILES string of the molecule is CCCNc1nc(-c2c(C)nn(C)c2C)nc(CC)c1I. The van der Waals surface area contributed by atoms with Gasteiger partial charge in [0.2, 0.25) is 0 Å². The molecule has 0 aliphatic rings. The molecule has 0 aliphatic heterocycles. The molecule has 0 amide bonds. The van der Waals surface area contributed by atoms with Gasteiger partial charge in [-0.1, -0.05) is 13.8 Å². The highest BCUT2D eigenvalue weighted by Crippen LogP contribution is 2.28. The number of aryl methyl sites for hydroxylation is 3. The standard InChI is InChI=1S/C15H22IN5/c1-6-8-17-15-13(16)11(7-2)18-14(19-15)12-9(3)20-21(5)10(12)4/h6-8H2,1-5H3,(H,17,18,19). The minimum atomic E-state index is 0.772. The number of hydrogen-bond acceptors (Lipinski definition) is 4. The highest BCUT2D eigenvalue weighted by molar-refractivity contribution is 14.1. The summed E-state index contributed by atoms with van der Waals surface area (Å²) < 4.78 is 3.00. The first-order valence-corrected chi connectivity index (χ1v) is 8.38. The van der Waals surface area contributed by atoms with Gasteiger partial charge in [-0.2, -0.15) is 5.10 Å². The van der Waals surface area contributed by atoms with Crippen LogP contribution in [-0.4, -0.2) is 26.3 Å². The first kappa shape index (κ1) is 16.2. The van der Waals surface area contributed by atoms with Gasteiger partial charge in [0.15, 0.2) is 5.82 Å². The van der Waals surface area contributed by atoms with Crippen LogP contribution in [0, 0.1) is 17.4 Å². The maximum atomic E-state index is 4.75. The monoisotopic (exact) mass is 399 g/mol. The summed E-state index contributed by atoms with van der Waals surface area (Å²) in [5.74, 6) is 1.70. The summed E-state index contributed by atoms with van der Waals surface area (Å²) in [6.07, 6.45) is 1.97. The van der Waals surface area contributed by atoms with Crippen LogP contribution >= 0.6 is 22.6 Å². The van der Waals surface area contributed by atoms with Crippen LogP contribution in [0.4, 0.5) is 5.82 Å². The molecular formula is C15H22IN5. The molecule has 2 aromatic rings. The summed E-state index contributed by atoms with van der Waals surface area (Å²) in [5.41, 5.74) is 4.20. The van der Waals surface area contributed by atoms with E-state index < -0.39 is 0 Å². The second kappa shape index (κ2) is 6.72. The summed E-state index contributed by atoms with van der Waals surface area (Å²) in [6, 6.07) is 0. The van der Waals surface area contributed by atoms with Crippen molar-refractivity contribution in [1.82, 2.24) is 19.7 Å². The molecule has 1 N–H and O–H groups in total.